The second-order valence-corrected chi connectivity index (χ2v) is 12.9. The van der Waals surface area contributed by atoms with Crippen molar-refractivity contribution in [2.45, 2.75) is 70.6 Å². The van der Waals surface area contributed by atoms with Gasteiger partial charge in [0.2, 0.25) is 0 Å². The zero-order chi connectivity index (χ0) is 15.0. The van der Waals surface area contributed by atoms with Gasteiger partial charge in [0.15, 0.2) is 0 Å². The summed E-state index contributed by atoms with van der Waals surface area (Å²) in [7, 11) is -1.14. The second-order valence-electron chi connectivity index (χ2n) is 7.26. The molecule has 1 rings (SSSR count). The maximum absolute atomic E-state index is 11.7. The lowest BCUT2D eigenvalue weighted by atomic mass is 9.86. The average molecular weight is 301 g/mol. The maximum atomic E-state index is 11.7. The van der Waals surface area contributed by atoms with Gasteiger partial charge in [0.1, 0.15) is 0 Å². The number of rotatable bonds is 7. The molecule has 0 atom stereocenters. The van der Waals surface area contributed by atoms with E-state index in [9.17, 15) is 4.79 Å². The van der Waals surface area contributed by atoms with E-state index in [2.05, 4.69) is 19.6 Å². The highest BCUT2D eigenvalue weighted by Crippen LogP contribution is 2.27. The Hall–Kier alpha value is -0.553. The Balaban J connectivity index is 2.08. The quantitative estimate of drug-likeness (QED) is 0.335. The van der Waals surface area contributed by atoms with Crippen molar-refractivity contribution in [2.24, 2.45) is 11.8 Å². The van der Waals surface area contributed by atoms with Gasteiger partial charge < -0.3 is 4.74 Å². The molecule has 1 saturated carbocycles. The van der Waals surface area contributed by atoms with Crippen molar-refractivity contribution in [3.63, 3.8) is 0 Å². The van der Waals surface area contributed by atoms with Crippen LogP contribution in [-0.4, -0.2) is 32.3 Å². The van der Waals surface area contributed by atoms with E-state index in [0.717, 1.165) is 18.4 Å². The van der Waals surface area contributed by atoms with E-state index >= 15 is 0 Å². The Morgan fingerprint density at radius 2 is 1.90 bits per heavy atom. The van der Waals surface area contributed by atoms with E-state index in [1.54, 1.807) is 0 Å². The molecule has 0 unspecified atom stereocenters. The molecule has 1 fully saturated rings. The van der Waals surface area contributed by atoms with Gasteiger partial charge in [-0.15, -0.1) is 0 Å². The average Bonchev–Trinajstić information content (AvgIpc) is 2.38. The first-order valence-corrected chi connectivity index (χ1v) is 11.8. The maximum Gasteiger partial charge on any atom is 0.424 e. The first-order chi connectivity index (χ1) is 9.38. The Bertz CT molecular complexity index is 286. The van der Waals surface area contributed by atoms with Gasteiger partial charge in [-0.1, -0.05) is 51.7 Å². The van der Waals surface area contributed by atoms with Crippen LogP contribution in [0.3, 0.4) is 0 Å². The molecule has 0 aliphatic heterocycles. The normalized spacial score (nSPS) is 17.0. The van der Waals surface area contributed by atoms with Gasteiger partial charge >= 0.3 is 6.09 Å². The molecule has 4 nitrogen and oxygen atoms in total. The van der Waals surface area contributed by atoms with Crippen LogP contribution >= 0.6 is 0 Å². The SMILES string of the molecule is C[Si](C)(C)CCOC(=O)N(N)CCCC1CCCCC1. The molecule has 1 aliphatic rings. The van der Waals surface area contributed by atoms with E-state index in [-0.39, 0.29) is 6.09 Å². The fraction of sp³-hybridized carbons (Fsp3) is 0.933. The zero-order valence-electron chi connectivity index (χ0n) is 13.5. The summed E-state index contributed by atoms with van der Waals surface area (Å²) in [6.45, 7) is 7.93. The van der Waals surface area contributed by atoms with E-state index in [1.165, 1.54) is 43.5 Å². The van der Waals surface area contributed by atoms with Crippen molar-refractivity contribution in [3.05, 3.63) is 0 Å². The number of carbonyl (C=O) groups is 1. The van der Waals surface area contributed by atoms with E-state index in [0.29, 0.717) is 13.2 Å². The Kier molecular flexibility index (Phi) is 7.59. The third-order valence-electron chi connectivity index (χ3n) is 4.05. The van der Waals surface area contributed by atoms with Crippen molar-refractivity contribution in [1.82, 2.24) is 5.01 Å². The Labute approximate surface area is 125 Å². The molecule has 20 heavy (non-hydrogen) atoms. The molecule has 0 aromatic heterocycles. The standard InChI is InChI=1S/C15H32N2O2Si/c1-20(2,3)13-12-19-15(18)17(16)11-7-10-14-8-5-4-6-9-14/h14H,4-13,16H2,1-3H3. The van der Waals surface area contributed by atoms with Gasteiger partial charge in [-0.2, -0.15) is 0 Å². The molecule has 1 aliphatic carbocycles. The van der Waals surface area contributed by atoms with Gasteiger partial charge in [-0.3, -0.25) is 0 Å². The van der Waals surface area contributed by atoms with Crippen LogP contribution in [0.2, 0.25) is 25.7 Å². The van der Waals surface area contributed by atoms with Crippen LogP contribution in [0.5, 0.6) is 0 Å². The van der Waals surface area contributed by atoms with Crippen LogP contribution in [0.25, 0.3) is 0 Å². The molecule has 0 bridgehead atoms. The minimum Gasteiger partial charge on any atom is -0.449 e. The summed E-state index contributed by atoms with van der Waals surface area (Å²) in [6.07, 6.45) is 8.65. The lowest BCUT2D eigenvalue weighted by Crippen LogP contribution is -2.39. The number of nitrogens with two attached hydrogens (primary N) is 1. The van der Waals surface area contributed by atoms with Gasteiger partial charge in [-0.25, -0.2) is 15.6 Å². The zero-order valence-corrected chi connectivity index (χ0v) is 14.5. The van der Waals surface area contributed by atoms with Crippen LogP contribution < -0.4 is 5.84 Å². The minimum absolute atomic E-state index is 0.369. The van der Waals surface area contributed by atoms with Gasteiger partial charge in [-0.05, 0) is 24.8 Å². The van der Waals surface area contributed by atoms with Crippen molar-refractivity contribution in [3.8, 4) is 0 Å². The first kappa shape index (κ1) is 17.5. The molecule has 0 saturated heterocycles. The van der Waals surface area contributed by atoms with Crippen molar-refractivity contribution < 1.29 is 9.53 Å². The molecule has 0 aromatic rings. The van der Waals surface area contributed by atoms with E-state index < -0.39 is 8.07 Å². The fourth-order valence-corrected chi connectivity index (χ4v) is 3.36. The summed E-state index contributed by atoms with van der Waals surface area (Å²) in [5.74, 6) is 6.60. The molecule has 118 valence electrons. The predicted octanol–water partition coefficient (Wildman–Crippen LogP) is 4.00. The largest absolute Gasteiger partial charge is 0.449 e. The lowest BCUT2D eigenvalue weighted by molar-refractivity contribution is 0.105. The summed E-state index contributed by atoms with van der Waals surface area (Å²) < 4.78 is 5.22. The molecule has 0 spiro atoms. The molecule has 2 N–H and O–H groups in total. The van der Waals surface area contributed by atoms with Gasteiger partial charge in [0.05, 0.1) is 6.61 Å². The number of amides is 1. The molecule has 1 amide bonds. The van der Waals surface area contributed by atoms with Crippen molar-refractivity contribution in [1.29, 1.82) is 0 Å². The summed E-state index contributed by atoms with van der Waals surface area (Å²) in [5.41, 5.74) is 0. The number of hydrogen-bond donors (Lipinski definition) is 1. The van der Waals surface area contributed by atoms with Gasteiger partial charge in [0, 0.05) is 14.6 Å². The first-order valence-electron chi connectivity index (χ1n) is 8.07. The molecule has 5 heteroatoms. The topological polar surface area (TPSA) is 55.6 Å². The summed E-state index contributed by atoms with van der Waals surface area (Å²) in [6, 6.07) is 0.995. The smallest absolute Gasteiger partial charge is 0.424 e. The number of ether oxygens (including phenoxy) is 1. The molecule has 0 aromatic carbocycles. The van der Waals surface area contributed by atoms with Crippen LogP contribution in [0.4, 0.5) is 4.79 Å². The number of hydrazine groups is 1. The van der Waals surface area contributed by atoms with Crippen LogP contribution in [0.15, 0.2) is 0 Å². The van der Waals surface area contributed by atoms with Crippen molar-refractivity contribution in [2.75, 3.05) is 13.2 Å². The Morgan fingerprint density at radius 3 is 2.50 bits per heavy atom. The highest BCUT2D eigenvalue weighted by molar-refractivity contribution is 6.76. The monoisotopic (exact) mass is 300 g/mol. The number of nitrogens with zero attached hydrogens (tertiary/aromatic N) is 1. The lowest BCUT2D eigenvalue weighted by Gasteiger charge is -2.23. The number of carbonyl (C=O) groups excluding carboxylic acids is 1. The van der Waals surface area contributed by atoms with Crippen molar-refractivity contribution >= 4 is 14.2 Å². The van der Waals surface area contributed by atoms with E-state index in [4.69, 9.17) is 10.6 Å². The highest BCUT2D eigenvalue weighted by Gasteiger charge is 2.17. The second kappa shape index (κ2) is 8.67. The van der Waals surface area contributed by atoms with Crippen LogP contribution in [0, 0.1) is 5.92 Å². The van der Waals surface area contributed by atoms with Crippen LogP contribution in [0.1, 0.15) is 44.9 Å². The molecular formula is C15H32N2O2Si. The third-order valence-corrected chi connectivity index (χ3v) is 5.75. The molecular weight excluding hydrogens is 268 g/mol. The van der Waals surface area contributed by atoms with Crippen LogP contribution in [-0.2, 0) is 4.74 Å². The third kappa shape index (κ3) is 7.90. The van der Waals surface area contributed by atoms with E-state index in [1.807, 2.05) is 0 Å². The molecule has 0 radical (unpaired) electrons. The minimum atomic E-state index is -1.14. The number of hydrogen-bond acceptors (Lipinski definition) is 3. The predicted molar refractivity (Wildman–Crippen MR) is 86.2 cm³/mol. The summed E-state index contributed by atoms with van der Waals surface area (Å²) in [5, 5.41) is 1.24. The highest BCUT2D eigenvalue weighted by atomic mass is 28.3. The van der Waals surface area contributed by atoms with Gasteiger partial charge in [0.25, 0.3) is 0 Å². The Morgan fingerprint density at radius 1 is 1.25 bits per heavy atom. The fourth-order valence-electron chi connectivity index (χ4n) is 2.64. The molecule has 0 heterocycles. The summed E-state index contributed by atoms with van der Waals surface area (Å²) >= 11 is 0. The summed E-state index contributed by atoms with van der Waals surface area (Å²) in [4.78, 5) is 11.7.